The van der Waals surface area contributed by atoms with Crippen LogP contribution in [0.5, 0.6) is 0 Å². The Kier molecular flexibility index (Phi) is 4.39. The zero-order valence-corrected chi connectivity index (χ0v) is 11.6. The van der Waals surface area contributed by atoms with Crippen LogP contribution >= 0.6 is 0 Å². The van der Waals surface area contributed by atoms with Crippen LogP contribution < -0.4 is 0 Å². The van der Waals surface area contributed by atoms with Gasteiger partial charge in [-0.1, -0.05) is 0 Å². The zero-order valence-electron chi connectivity index (χ0n) is 11.6. The average Bonchev–Trinajstić information content (AvgIpc) is 2.57. The molecule has 0 amide bonds. The molecular weight excluding hydrogens is 272 g/mol. The molecule has 0 spiro atoms. The van der Waals surface area contributed by atoms with Crippen LogP contribution in [0.1, 0.15) is 20.8 Å². The third-order valence-electron chi connectivity index (χ3n) is 3.92. The van der Waals surface area contributed by atoms with Gasteiger partial charge in [0.25, 0.3) is 0 Å². The van der Waals surface area contributed by atoms with Crippen molar-refractivity contribution in [3.8, 4) is 0 Å². The first-order valence-corrected chi connectivity index (χ1v) is 6.59. The van der Waals surface area contributed by atoms with Crippen molar-refractivity contribution >= 4 is 0 Å². The van der Waals surface area contributed by atoms with Crippen molar-refractivity contribution in [2.24, 2.45) is 0 Å². The summed E-state index contributed by atoms with van der Waals surface area (Å²) in [5.41, 5.74) is 0. The lowest BCUT2D eigenvalue weighted by atomic mass is 9.99. The molecule has 8 nitrogen and oxygen atoms in total. The fourth-order valence-electron chi connectivity index (χ4n) is 2.51. The second-order valence-electron chi connectivity index (χ2n) is 5.57. The lowest BCUT2D eigenvalue weighted by Crippen LogP contribution is -2.60. The van der Waals surface area contributed by atoms with E-state index in [1.165, 1.54) is 13.8 Å². The molecule has 8 heteroatoms. The van der Waals surface area contributed by atoms with E-state index in [0.29, 0.717) is 0 Å². The average molecular weight is 294 g/mol. The Balaban J connectivity index is 2.09. The van der Waals surface area contributed by atoms with E-state index in [9.17, 15) is 25.5 Å². The summed E-state index contributed by atoms with van der Waals surface area (Å²) in [6.07, 6.45) is -9.33. The molecule has 0 aromatic rings. The smallest absolute Gasteiger partial charge is 0.197 e. The molecule has 2 saturated heterocycles. The van der Waals surface area contributed by atoms with Gasteiger partial charge in [-0.2, -0.15) is 0 Å². The molecule has 2 aliphatic rings. The summed E-state index contributed by atoms with van der Waals surface area (Å²) in [7, 11) is 0. The molecule has 2 heterocycles. The summed E-state index contributed by atoms with van der Waals surface area (Å²) in [5, 5.41) is 48.8. The van der Waals surface area contributed by atoms with Crippen LogP contribution in [-0.2, 0) is 14.2 Å². The topological polar surface area (TPSA) is 129 Å². The van der Waals surface area contributed by atoms with Gasteiger partial charge in [0, 0.05) is 0 Å². The van der Waals surface area contributed by atoms with Gasteiger partial charge in [0.15, 0.2) is 12.1 Å². The van der Waals surface area contributed by atoms with Crippen molar-refractivity contribution in [3.05, 3.63) is 0 Å². The van der Waals surface area contributed by atoms with Crippen LogP contribution in [0.25, 0.3) is 0 Å². The van der Waals surface area contributed by atoms with Crippen molar-refractivity contribution in [1.29, 1.82) is 0 Å². The van der Waals surface area contributed by atoms with Gasteiger partial charge in [-0.25, -0.2) is 0 Å². The monoisotopic (exact) mass is 294 g/mol. The molecule has 118 valence electrons. The summed E-state index contributed by atoms with van der Waals surface area (Å²) >= 11 is 0. The maximum Gasteiger partial charge on any atom is 0.197 e. The summed E-state index contributed by atoms with van der Waals surface area (Å²) < 4.78 is 16.1. The Hall–Kier alpha value is -0.320. The molecule has 0 bridgehead atoms. The molecule has 0 aliphatic carbocycles. The first-order valence-electron chi connectivity index (χ1n) is 6.59. The van der Waals surface area contributed by atoms with Crippen LogP contribution in [0.15, 0.2) is 0 Å². The number of ether oxygens (including phenoxy) is 3. The Bertz CT molecular complexity index is 352. The van der Waals surface area contributed by atoms with Crippen LogP contribution in [0.4, 0.5) is 0 Å². The quantitative estimate of drug-likeness (QED) is 0.384. The van der Waals surface area contributed by atoms with E-state index in [1.807, 2.05) is 0 Å². The fraction of sp³-hybridized carbons (Fsp3) is 1.00. The standard InChI is InChI=1S/C12H22O8/c1-4-6(13)8(15)9(16)11(18-4)20-12(3)10(17)7(14)5(2)19-12/h4-11,13-17H,1-3H3/t4?,5?,6?,7?,8?,9?,10-,11+,12+/m1/s1. The largest absolute Gasteiger partial charge is 0.388 e. The molecule has 6 unspecified atom stereocenters. The van der Waals surface area contributed by atoms with E-state index in [2.05, 4.69) is 0 Å². The minimum Gasteiger partial charge on any atom is -0.388 e. The molecule has 2 aliphatic heterocycles. The molecular formula is C12H22O8. The summed E-state index contributed by atoms with van der Waals surface area (Å²) in [4.78, 5) is 0. The highest BCUT2D eigenvalue weighted by atomic mass is 16.8. The van der Waals surface area contributed by atoms with Crippen LogP contribution in [0.2, 0.25) is 0 Å². The second kappa shape index (κ2) is 5.47. The normalized spacial score (nSPS) is 57.0. The highest BCUT2D eigenvalue weighted by Crippen LogP contribution is 2.35. The Morgan fingerprint density at radius 3 is 1.95 bits per heavy atom. The predicted octanol–water partition coefficient (Wildman–Crippen LogP) is -2.31. The summed E-state index contributed by atoms with van der Waals surface area (Å²) in [6.45, 7) is 4.49. The van der Waals surface area contributed by atoms with Crippen LogP contribution in [-0.4, -0.2) is 80.3 Å². The van der Waals surface area contributed by atoms with E-state index in [4.69, 9.17) is 14.2 Å². The van der Waals surface area contributed by atoms with Gasteiger partial charge in [-0.05, 0) is 20.8 Å². The van der Waals surface area contributed by atoms with E-state index in [0.717, 1.165) is 0 Å². The molecule has 20 heavy (non-hydrogen) atoms. The van der Waals surface area contributed by atoms with Crippen molar-refractivity contribution < 1.29 is 39.7 Å². The molecule has 2 fully saturated rings. The van der Waals surface area contributed by atoms with Crippen molar-refractivity contribution in [2.45, 2.75) is 75.6 Å². The predicted molar refractivity (Wildman–Crippen MR) is 64.4 cm³/mol. The number of aliphatic hydroxyl groups is 5. The van der Waals surface area contributed by atoms with E-state index >= 15 is 0 Å². The maximum absolute atomic E-state index is 9.94. The van der Waals surface area contributed by atoms with Gasteiger partial charge in [0.1, 0.15) is 30.5 Å². The van der Waals surface area contributed by atoms with Gasteiger partial charge in [-0.15, -0.1) is 0 Å². The van der Waals surface area contributed by atoms with Crippen LogP contribution in [0, 0.1) is 0 Å². The molecule has 0 saturated carbocycles. The lowest BCUT2D eigenvalue weighted by Gasteiger charge is -2.42. The molecule has 2 rings (SSSR count). The SMILES string of the molecule is CC1O[C@@H](O[C@]2(C)OC(C)C(O)[C@H]2O)C(O)C(O)C1O. The minimum absolute atomic E-state index is 0.649. The van der Waals surface area contributed by atoms with Crippen LogP contribution in [0.3, 0.4) is 0 Å². The summed E-state index contributed by atoms with van der Waals surface area (Å²) in [6, 6.07) is 0. The number of hydrogen-bond acceptors (Lipinski definition) is 8. The third kappa shape index (κ3) is 2.58. The van der Waals surface area contributed by atoms with Gasteiger partial charge in [-0.3, -0.25) is 0 Å². The minimum atomic E-state index is -1.58. The second-order valence-corrected chi connectivity index (χ2v) is 5.57. The Morgan fingerprint density at radius 1 is 0.850 bits per heavy atom. The van der Waals surface area contributed by atoms with Crippen molar-refractivity contribution in [3.63, 3.8) is 0 Å². The highest BCUT2D eigenvalue weighted by Gasteiger charge is 2.54. The Morgan fingerprint density at radius 2 is 1.45 bits per heavy atom. The molecule has 5 N–H and O–H groups in total. The number of hydrogen-bond donors (Lipinski definition) is 5. The molecule has 0 aromatic carbocycles. The number of rotatable bonds is 2. The summed E-state index contributed by atoms with van der Waals surface area (Å²) in [5.74, 6) is -1.58. The van der Waals surface area contributed by atoms with E-state index < -0.39 is 54.8 Å². The van der Waals surface area contributed by atoms with Gasteiger partial charge < -0.3 is 39.7 Å². The Labute approximate surface area is 116 Å². The van der Waals surface area contributed by atoms with Gasteiger partial charge in [0.2, 0.25) is 0 Å². The van der Waals surface area contributed by atoms with Crippen molar-refractivity contribution in [2.75, 3.05) is 0 Å². The number of aliphatic hydroxyl groups excluding tert-OH is 5. The maximum atomic E-state index is 9.94. The fourth-order valence-corrected chi connectivity index (χ4v) is 2.51. The first-order chi connectivity index (χ1) is 9.17. The first kappa shape index (κ1) is 16.1. The van der Waals surface area contributed by atoms with E-state index in [-0.39, 0.29) is 0 Å². The molecule has 0 aromatic heterocycles. The zero-order chi connectivity index (χ0) is 15.2. The molecule has 9 atom stereocenters. The highest BCUT2D eigenvalue weighted by molar-refractivity contribution is 4.94. The van der Waals surface area contributed by atoms with Gasteiger partial charge in [0.05, 0.1) is 12.2 Å². The van der Waals surface area contributed by atoms with E-state index in [1.54, 1.807) is 6.92 Å². The third-order valence-corrected chi connectivity index (χ3v) is 3.92. The molecule has 0 radical (unpaired) electrons. The van der Waals surface area contributed by atoms with Gasteiger partial charge >= 0.3 is 0 Å². The van der Waals surface area contributed by atoms with Crippen molar-refractivity contribution in [1.82, 2.24) is 0 Å². The lowest BCUT2D eigenvalue weighted by molar-refractivity contribution is -0.368.